The summed E-state index contributed by atoms with van der Waals surface area (Å²) in [6.07, 6.45) is 5.78. The SMILES string of the molecule is C[C@@H]1[C@H](C)CCC[C@H]1Nc1c(-c2ccsc2)nc2ccc(Cl)cn12. The van der Waals surface area contributed by atoms with E-state index < -0.39 is 0 Å². The Morgan fingerprint density at radius 2 is 2.12 bits per heavy atom. The van der Waals surface area contributed by atoms with E-state index in [0.29, 0.717) is 12.0 Å². The van der Waals surface area contributed by atoms with E-state index >= 15 is 0 Å². The van der Waals surface area contributed by atoms with Gasteiger partial charge in [0.15, 0.2) is 0 Å². The van der Waals surface area contributed by atoms with E-state index in [1.54, 1.807) is 11.3 Å². The Balaban J connectivity index is 1.80. The number of hydrogen-bond acceptors (Lipinski definition) is 3. The van der Waals surface area contributed by atoms with Crippen LogP contribution >= 0.6 is 22.9 Å². The standard InChI is InChI=1S/C19H22ClN3S/c1-12-4-3-5-16(13(12)2)21-19-18(14-8-9-24-11-14)22-17-7-6-15(20)10-23(17)19/h6-13,16,21H,3-5H2,1-2H3/t12-,13-,16-/m1/s1. The van der Waals surface area contributed by atoms with E-state index in [1.165, 1.54) is 24.8 Å². The van der Waals surface area contributed by atoms with Gasteiger partial charge in [0.2, 0.25) is 0 Å². The molecule has 3 heterocycles. The van der Waals surface area contributed by atoms with Crippen LogP contribution in [0.2, 0.25) is 5.02 Å². The lowest BCUT2D eigenvalue weighted by atomic mass is 9.78. The molecule has 0 bridgehead atoms. The number of anilines is 1. The summed E-state index contributed by atoms with van der Waals surface area (Å²) in [6.45, 7) is 4.73. The summed E-state index contributed by atoms with van der Waals surface area (Å²) in [6, 6.07) is 6.49. The van der Waals surface area contributed by atoms with Crippen LogP contribution in [0, 0.1) is 11.8 Å². The van der Waals surface area contributed by atoms with Gasteiger partial charge in [0.05, 0.1) is 5.02 Å². The van der Waals surface area contributed by atoms with Crippen LogP contribution in [0.25, 0.3) is 16.9 Å². The highest BCUT2D eigenvalue weighted by atomic mass is 35.5. The van der Waals surface area contributed by atoms with Crippen LogP contribution < -0.4 is 5.32 Å². The number of nitrogens with one attached hydrogen (secondary N) is 1. The van der Waals surface area contributed by atoms with E-state index in [1.807, 2.05) is 18.3 Å². The third-order valence-electron chi connectivity index (χ3n) is 5.41. The predicted molar refractivity (Wildman–Crippen MR) is 103 cm³/mol. The Labute approximate surface area is 151 Å². The maximum Gasteiger partial charge on any atom is 0.139 e. The van der Waals surface area contributed by atoms with Crippen molar-refractivity contribution >= 4 is 34.4 Å². The number of nitrogens with zero attached hydrogens (tertiary/aromatic N) is 2. The van der Waals surface area contributed by atoms with Gasteiger partial charge in [0.25, 0.3) is 0 Å². The minimum Gasteiger partial charge on any atom is -0.366 e. The molecule has 0 unspecified atom stereocenters. The summed E-state index contributed by atoms with van der Waals surface area (Å²) in [4.78, 5) is 4.85. The van der Waals surface area contributed by atoms with Gasteiger partial charge in [-0.2, -0.15) is 11.3 Å². The van der Waals surface area contributed by atoms with Gasteiger partial charge in [-0.1, -0.05) is 38.3 Å². The van der Waals surface area contributed by atoms with Crippen LogP contribution in [0.3, 0.4) is 0 Å². The van der Waals surface area contributed by atoms with Crippen LogP contribution in [0.5, 0.6) is 0 Å². The highest BCUT2D eigenvalue weighted by Gasteiger charge is 2.28. The van der Waals surface area contributed by atoms with Crippen molar-refractivity contribution in [1.82, 2.24) is 9.38 Å². The molecule has 24 heavy (non-hydrogen) atoms. The fourth-order valence-electron chi connectivity index (χ4n) is 3.72. The Morgan fingerprint density at radius 3 is 2.92 bits per heavy atom. The molecule has 1 fully saturated rings. The minimum atomic E-state index is 0.477. The number of pyridine rings is 1. The van der Waals surface area contributed by atoms with Crippen LogP contribution in [0.1, 0.15) is 33.1 Å². The first-order chi connectivity index (χ1) is 11.6. The predicted octanol–water partition coefficient (Wildman–Crippen LogP) is 5.95. The molecule has 4 rings (SSSR count). The largest absolute Gasteiger partial charge is 0.366 e. The van der Waals surface area contributed by atoms with Crippen molar-refractivity contribution in [2.24, 2.45) is 11.8 Å². The summed E-state index contributed by atoms with van der Waals surface area (Å²) in [5.41, 5.74) is 3.11. The molecular formula is C19H22ClN3S. The van der Waals surface area contributed by atoms with Crippen molar-refractivity contribution in [2.45, 2.75) is 39.2 Å². The molecule has 0 spiro atoms. The molecule has 3 aromatic rings. The molecule has 5 heteroatoms. The van der Waals surface area contributed by atoms with Crippen molar-refractivity contribution in [3.05, 3.63) is 40.2 Å². The Morgan fingerprint density at radius 1 is 1.25 bits per heavy atom. The number of aromatic nitrogens is 2. The Hall–Kier alpha value is -1.52. The van der Waals surface area contributed by atoms with Gasteiger partial charge < -0.3 is 5.32 Å². The lowest BCUT2D eigenvalue weighted by Crippen LogP contribution is -2.35. The molecule has 3 aromatic heterocycles. The second-order valence-corrected chi connectivity index (χ2v) is 8.13. The first kappa shape index (κ1) is 16.0. The number of thiophene rings is 1. The summed E-state index contributed by atoms with van der Waals surface area (Å²) < 4.78 is 2.10. The van der Waals surface area contributed by atoms with Crippen molar-refractivity contribution in [2.75, 3.05) is 5.32 Å². The average Bonchev–Trinajstić information content (AvgIpc) is 3.20. The van der Waals surface area contributed by atoms with Gasteiger partial charge in [-0.05, 0) is 41.8 Å². The number of rotatable bonds is 3. The molecule has 0 aromatic carbocycles. The van der Waals surface area contributed by atoms with Crippen LogP contribution in [0.4, 0.5) is 5.82 Å². The molecule has 3 atom stereocenters. The smallest absolute Gasteiger partial charge is 0.139 e. The Bertz CT molecular complexity index is 840. The fraction of sp³-hybridized carbons (Fsp3) is 0.421. The highest BCUT2D eigenvalue weighted by Crippen LogP contribution is 2.36. The molecule has 1 N–H and O–H groups in total. The van der Waals surface area contributed by atoms with Crippen molar-refractivity contribution in [1.29, 1.82) is 0 Å². The van der Waals surface area contributed by atoms with Gasteiger partial charge in [-0.15, -0.1) is 0 Å². The second kappa shape index (κ2) is 6.41. The molecule has 1 aliphatic rings. The van der Waals surface area contributed by atoms with E-state index in [2.05, 4.69) is 40.4 Å². The van der Waals surface area contributed by atoms with Crippen LogP contribution in [-0.2, 0) is 0 Å². The minimum absolute atomic E-state index is 0.477. The zero-order valence-electron chi connectivity index (χ0n) is 14.0. The number of imidazole rings is 1. The maximum absolute atomic E-state index is 6.25. The van der Waals surface area contributed by atoms with Crippen molar-refractivity contribution in [3.8, 4) is 11.3 Å². The van der Waals surface area contributed by atoms with Gasteiger partial charge in [0, 0.05) is 23.2 Å². The first-order valence-electron chi connectivity index (χ1n) is 8.60. The molecule has 0 amide bonds. The zero-order chi connectivity index (χ0) is 16.7. The van der Waals surface area contributed by atoms with Crippen molar-refractivity contribution < 1.29 is 0 Å². The highest BCUT2D eigenvalue weighted by molar-refractivity contribution is 7.08. The average molecular weight is 360 g/mol. The monoisotopic (exact) mass is 359 g/mol. The van der Waals surface area contributed by atoms with E-state index in [4.69, 9.17) is 16.6 Å². The number of fused-ring (bicyclic) bond motifs is 1. The molecule has 0 radical (unpaired) electrons. The van der Waals surface area contributed by atoms with Gasteiger partial charge >= 0.3 is 0 Å². The fourth-order valence-corrected chi connectivity index (χ4v) is 4.52. The topological polar surface area (TPSA) is 29.3 Å². The zero-order valence-corrected chi connectivity index (χ0v) is 15.6. The van der Waals surface area contributed by atoms with E-state index in [0.717, 1.165) is 28.1 Å². The van der Waals surface area contributed by atoms with Gasteiger partial charge in [0.1, 0.15) is 17.2 Å². The second-order valence-electron chi connectivity index (χ2n) is 6.91. The lowest BCUT2D eigenvalue weighted by molar-refractivity contribution is 0.253. The summed E-state index contributed by atoms with van der Waals surface area (Å²) >= 11 is 7.95. The molecule has 126 valence electrons. The normalized spacial score (nSPS) is 24.4. The molecular weight excluding hydrogens is 338 g/mol. The molecule has 1 aliphatic carbocycles. The van der Waals surface area contributed by atoms with Crippen LogP contribution in [0.15, 0.2) is 35.2 Å². The third-order valence-corrected chi connectivity index (χ3v) is 6.31. The van der Waals surface area contributed by atoms with E-state index in [-0.39, 0.29) is 0 Å². The molecule has 0 aliphatic heterocycles. The van der Waals surface area contributed by atoms with Gasteiger partial charge in [-0.25, -0.2) is 4.98 Å². The molecule has 1 saturated carbocycles. The van der Waals surface area contributed by atoms with E-state index in [9.17, 15) is 0 Å². The molecule has 3 nitrogen and oxygen atoms in total. The summed E-state index contributed by atoms with van der Waals surface area (Å²) in [7, 11) is 0. The Kier molecular flexibility index (Phi) is 4.27. The van der Waals surface area contributed by atoms with Crippen LogP contribution in [-0.4, -0.2) is 15.4 Å². The summed E-state index contributed by atoms with van der Waals surface area (Å²) in [5.74, 6) is 2.47. The van der Waals surface area contributed by atoms with Gasteiger partial charge in [-0.3, -0.25) is 4.40 Å². The summed E-state index contributed by atoms with van der Waals surface area (Å²) in [5, 5.41) is 8.79. The molecule has 0 saturated heterocycles. The third kappa shape index (κ3) is 2.82. The quantitative estimate of drug-likeness (QED) is 0.625. The number of halogens is 1. The lowest BCUT2D eigenvalue weighted by Gasteiger charge is -2.35. The number of hydrogen-bond donors (Lipinski definition) is 1. The first-order valence-corrected chi connectivity index (χ1v) is 9.92. The maximum atomic E-state index is 6.25. The van der Waals surface area contributed by atoms with Crippen molar-refractivity contribution in [3.63, 3.8) is 0 Å².